The zero-order chi connectivity index (χ0) is 7.66. The molecule has 0 aromatic heterocycles. The topological polar surface area (TPSA) is 0 Å². The molecule has 0 bridgehead atoms. The van der Waals surface area contributed by atoms with E-state index in [4.69, 9.17) is 0 Å². The Morgan fingerprint density at radius 2 is 2.10 bits per heavy atom. The first-order valence-electron chi connectivity index (χ1n) is 4.53. The fourth-order valence-corrected chi connectivity index (χ4v) is 2.60. The molecule has 0 aromatic rings. The van der Waals surface area contributed by atoms with Crippen molar-refractivity contribution in [1.29, 1.82) is 0 Å². The van der Waals surface area contributed by atoms with Crippen LogP contribution < -0.4 is 0 Å². The molecular formula is C9H18Mg. The third-order valence-electron chi connectivity index (χ3n) is 1.71. The first kappa shape index (κ1) is 10.5. The first-order valence-corrected chi connectivity index (χ1v) is 6.53. The van der Waals surface area contributed by atoms with Gasteiger partial charge in [0.1, 0.15) is 0 Å². The van der Waals surface area contributed by atoms with Crippen LogP contribution in [-0.4, -0.2) is 20.4 Å². The molecule has 0 aliphatic carbocycles. The molecule has 0 rings (SSSR count). The number of unbranched alkanes of at least 4 members (excludes halogenated alkanes) is 2. The van der Waals surface area contributed by atoms with E-state index in [1.54, 1.807) is 4.55 Å². The minimum absolute atomic E-state index is 0.293. The number of allylic oxidation sites excluding steroid dienone is 2. The number of hydrogen-bond donors (Lipinski definition) is 0. The maximum atomic E-state index is 2.32. The summed E-state index contributed by atoms with van der Waals surface area (Å²) in [6, 6.07) is 0. The molecule has 0 amide bonds. The van der Waals surface area contributed by atoms with Crippen molar-refractivity contribution in [3.63, 3.8) is 0 Å². The van der Waals surface area contributed by atoms with Crippen molar-refractivity contribution in [3.8, 4) is 0 Å². The normalized spacial score (nSPS) is 10.2. The molecule has 0 N–H and O–H groups in total. The molecule has 0 unspecified atom stereocenters. The van der Waals surface area contributed by atoms with E-state index in [0.717, 1.165) is 0 Å². The van der Waals surface area contributed by atoms with Crippen LogP contribution in [0.3, 0.4) is 0 Å². The van der Waals surface area contributed by atoms with Crippen molar-refractivity contribution in [2.24, 2.45) is 0 Å². The minimum atomic E-state index is 0.293. The summed E-state index contributed by atoms with van der Waals surface area (Å²) < 4.78 is 2.97. The average molecular weight is 151 g/mol. The number of rotatable bonds is 6. The third kappa shape index (κ3) is 8.51. The van der Waals surface area contributed by atoms with E-state index in [0.29, 0.717) is 20.4 Å². The summed E-state index contributed by atoms with van der Waals surface area (Å²) in [4.78, 5) is 0. The van der Waals surface area contributed by atoms with Gasteiger partial charge in [0.2, 0.25) is 0 Å². The summed E-state index contributed by atoms with van der Waals surface area (Å²) in [6.45, 7) is 4.38. The zero-order valence-corrected chi connectivity index (χ0v) is 8.81. The molecule has 10 heavy (non-hydrogen) atoms. The van der Waals surface area contributed by atoms with Crippen molar-refractivity contribution < 1.29 is 0 Å². The molecule has 0 atom stereocenters. The SMILES string of the molecule is CC=C[CH2][Mg][CH2]CCCC. The van der Waals surface area contributed by atoms with Crippen LogP contribution >= 0.6 is 0 Å². The molecule has 0 aliphatic rings. The second-order valence-electron chi connectivity index (χ2n) is 2.77. The van der Waals surface area contributed by atoms with Crippen molar-refractivity contribution in [2.45, 2.75) is 42.2 Å². The average Bonchev–Trinajstić information content (AvgIpc) is 1.97. The fraction of sp³-hybridized carbons (Fsp3) is 0.778. The van der Waals surface area contributed by atoms with Gasteiger partial charge >= 0.3 is 20.4 Å². The Balaban J connectivity index is 2.77. The summed E-state index contributed by atoms with van der Waals surface area (Å²) in [7, 11) is 0. The maximum Gasteiger partial charge on any atom is 0.369 e. The second kappa shape index (κ2) is 9.51. The van der Waals surface area contributed by atoms with Crippen molar-refractivity contribution in [2.75, 3.05) is 0 Å². The van der Waals surface area contributed by atoms with Gasteiger partial charge in [-0.05, 0) is 6.92 Å². The summed E-state index contributed by atoms with van der Waals surface area (Å²) in [5.41, 5.74) is 0. The Hall–Kier alpha value is 0.506. The molecule has 0 aliphatic heterocycles. The standard InChI is InChI=1S/C5H11.C4H7.Mg/c1-3-5-4-2;1-3-4-2;/h1,3-5H2,2H3;3-4H,1H2,2H3;. The van der Waals surface area contributed by atoms with Crippen molar-refractivity contribution in [3.05, 3.63) is 12.2 Å². The Bertz CT molecular complexity index is 76.8. The molecule has 0 saturated carbocycles. The van der Waals surface area contributed by atoms with Crippen LogP contribution in [0.4, 0.5) is 0 Å². The summed E-state index contributed by atoms with van der Waals surface area (Å²) in [5.74, 6) is 0. The highest BCUT2D eigenvalue weighted by Gasteiger charge is 1.90. The van der Waals surface area contributed by atoms with Crippen LogP contribution in [0.2, 0.25) is 9.10 Å². The Morgan fingerprint density at radius 3 is 2.70 bits per heavy atom. The zero-order valence-electron chi connectivity index (χ0n) is 7.40. The van der Waals surface area contributed by atoms with Crippen LogP contribution in [0.15, 0.2) is 12.2 Å². The van der Waals surface area contributed by atoms with E-state index in [-0.39, 0.29) is 0 Å². The lowest BCUT2D eigenvalue weighted by Crippen LogP contribution is -1.85. The Morgan fingerprint density at radius 1 is 1.30 bits per heavy atom. The van der Waals surface area contributed by atoms with Crippen molar-refractivity contribution >= 4 is 20.4 Å². The second-order valence-corrected chi connectivity index (χ2v) is 4.76. The van der Waals surface area contributed by atoms with Gasteiger partial charge in [0.25, 0.3) is 0 Å². The molecule has 56 valence electrons. The highest BCUT2D eigenvalue weighted by atomic mass is 24.5. The third-order valence-corrected chi connectivity index (χ3v) is 3.45. The van der Waals surface area contributed by atoms with E-state index in [1.165, 1.54) is 23.8 Å². The van der Waals surface area contributed by atoms with Crippen LogP contribution in [0.25, 0.3) is 0 Å². The van der Waals surface area contributed by atoms with Gasteiger partial charge in [-0.25, -0.2) is 0 Å². The molecular weight excluding hydrogens is 132 g/mol. The first-order chi connectivity index (χ1) is 4.91. The lowest BCUT2D eigenvalue weighted by molar-refractivity contribution is 0.768. The van der Waals surface area contributed by atoms with Crippen molar-refractivity contribution in [1.82, 2.24) is 0 Å². The lowest BCUT2D eigenvalue weighted by atomic mass is 10.3. The maximum absolute atomic E-state index is 2.32. The van der Waals surface area contributed by atoms with Crippen LogP contribution in [0.5, 0.6) is 0 Å². The van der Waals surface area contributed by atoms with E-state index >= 15 is 0 Å². The van der Waals surface area contributed by atoms with Gasteiger partial charge in [0.15, 0.2) is 0 Å². The van der Waals surface area contributed by atoms with Gasteiger partial charge < -0.3 is 0 Å². The molecule has 0 nitrogen and oxygen atoms in total. The van der Waals surface area contributed by atoms with Gasteiger partial charge in [0, 0.05) is 0 Å². The van der Waals surface area contributed by atoms with E-state index < -0.39 is 0 Å². The van der Waals surface area contributed by atoms with E-state index in [2.05, 4.69) is 26.0 Å². The van der Waals surface area contributed by atoms with Crippen LogP contribution in [0, 0.1) is 0 Å². The molecule has 0 aromatic carbocycles. The minimum Gasteiger partial charge on any atom is -0.145 e. The Kier molecular flexibility index (Phi) is 9.99. The lowest BCUT2D eigenvalue weighted by Gasteiger charge is -1.92. The van der Waals surface area contributed by atoms with E-state index in [9.17, 15) is 0 Å². The quantitative estimate of drug-likeness (QED) is 0.310. The predicted molar refractivity (Wildman–Crippen MR) is 49.7 cm³/mol. The smallest absolute Gasteiger partial charge is 0.145 e. The number of hydrogen-bond acceptors (Lipinski definition) is 0. The largest absolute Gasteiger partial charge is 0.369 e. The molecule has 0 fully saturated rings. The van der Waals surface area contributed by atoms with Crippen LogP contribution in [0.1, 0.15) is 33.1 Å². The van der Waals surface area contributed by atoms with Crippen LogP contribution in [-0.2, 0) is 0 Å². The van der Waals surface area contributed by atoms with Gasteiger partial charge in [-0.15, -0.1) is 15.2 Å². The molecule has 0 radical (unpaired) electrons. The molecule has 1 heteroatoms. The fourth-order valence-electron chi connectivity index (χ4n) is 1.03. The predicted octanol–water partition coefficient (Wildman–Crippen LogP) is 3.29. The summed E-state index contributed by atoms with van der Waals surface area (Å²) in [5, 5.41) is 0. The summed E-state index contributed by atoms with van der Waals surface area (Å²) in [6.07, 6.45) is 8.80. The van der Waals surface area contributed by atoms with Gasteiger partial charge in [0.05, 0.1) is 0 Å². The van der Waals surface area contributed by atoms with Gasteiger partial charge in [-0.1, -0.05) is 32.3 Å². The van der Waals surface area contributed by atoms with Gasteiger partial charge in [-0.3, -0.25) is 0 Å². The monoisotopic (exact) mass is 150 g/mol. The highest BCUT2D eigenvalue weighted by molar-refractivity contribution is 6.36. The van der Waals surface area contributed by atoms with Gasteiger partial charge in [-0.2, -0.15) is 0 Å². The molecule has 0 saturated heterocycles. The van der Waals surface area contributed by atoms with E-state index in [1.807, 2.05) is 0 Å². The summed E-state index contributed by atoms with van der Waals surface area (Å²) >= 11 is 0.293. The molecule has 0 heterocycles. The molecule has 0 spiro atoms. The highest BCUT2D eigenvalue weighted by Crippen LogP contribution is 2.00. The Labute approximate surface area is 74.8 Å².